The number of amides is 2. The Morgan fingerprint density at radius 3 is 2.25 bits per heavy atom. The standard InChI is InChI=1S/C22H14Cl4FN3O2/c23-12-8-11(9-13(24)10-12)18-19(22(18,25)26)21(32)30-17-3-1-2-16(29-17)20(31)28-15-6-4-14(27)5-7-15/h1-10,18-19H,(H,28,31)(H,29,30,32)/t18-,19?/m1/s1. The van der Waals surface area contributed by atoms with Crippen molar-refractivity contribution in [3.8, 4) is 0 Å². The number of halogens is 5. The minimum Gasteiger partial charge on any atom is -0.321 e. The lowest BCUT2D eigenvalue weighted by molar-refractivity contribution is -0.117. The highest BCUT2D eigenvalue weighted by atomic mass is 35.5. The monoisotopic (exact) mass is 511 g/mol. The van der Waals surface area contributed by atoms with Gasteiger partial charge < -0.3 is 10.6 Å². The van der Waals surface area contributed by atoms with Crippen LogP contribution in [0.5, 0.6) is 0 Å². The normalized spacial score (nSPS) is 18.7. The van der Waals surface area contributed by atoms with Crippen molar-refractivity contribution in [1.82, 2.24) is 4.98 Å². The summed E-state index contributed by atoms with van der Waals surface area (Å²) in [6, 6.07) is 14.8. The summed E-state index contributed by atoms with van der Waals surface area (Å²) < 4.78 is 11.7. The lowest BCUT2D eigenvalue weighted by Crippen LogP contribution is -2.19. The summed E-state index contributed by atoms with van der Waals surface area (Å²) in [7, 11) is 0. The number of nitrogens with one attached hydrogen (secondary N) is 2. The van der Waals surface area contributed by atoms with Crippen molar-refractivity contribution in [2.24, 2.45) is 5.92 Å². The van der Waals surface area contributed by atoms with E-state index in [4.69, 9.17) is 46.4 Å². The molecule has 3 aromatic rings. The van der Waals surface area contributed by atoms with Gasteiger partial charge >= 0.3 is 0 Å². The van der Waals surface area contributed by atoms with Crippen molar-refractivity contribution in [2.75, 3.05) is 10.6 Å². The Labute approximate surface area is 202 Å². The lowest BCUT2D eigenvalue weighted by Gasteiger charge is -2.08. The van der Waals surface area contributed by atoms with Crippen LogP contribution < -0.4 is 10.6 Å². The fourth-order valence-corrected chi connectivity index (χ4v) is 4.76. The number of nitrogens with zero attached hydrogens (tertiary/aromatic N) is 1. The fourth-order valence-electron chi connectivity index (χ4n) is 3.39. The Morgan fingerprint density at radius 2 is 1.59 bits per heavy atom. The van der Waals surface area contributed by atoms with E-state index in [9.17, 15) is 14.0 Å². The van der Waals surface area contributed by atoms with Crippen LogP contribution in [0, 0.1) is 11.7 Å². The molecule has 0 saturated heterocycles. The molecule has 1 aliphatic carbocycles. The molecule has 10 heteroatoms. The second kappa shape index (κ2) is 8.87. The van der Waals surface area contributed by atoms with E-state index in [2.05, 4.69) is 15.6 Å². The number of alkyl halides is 2. The van der Waals surface area contributed by atoms with Gasteiger partial charge in [0.05, 0.1) is 5.92 Å². The quantitative estimate of drug-likeness (QED) is 0.394. The van der Waals surface area contributed by atoms with Gasteiger partial charge in [-0.3, -0.25) is 9.59 Å². The number of anilines is 2. The van der Waals surface area contributed by atoms with E-state index < -0.39 is 33.8 Å². The van der Waals surface area contributed by atoms with Crippen LogP contribution in [0.25, 0.3) is 0 Å². The van der Waals surface area contributed by atoms with E-state index in [1.54, 1.807) is 24.3 Å². The number of aromatic nitrogens is 1. The molecule has 5 nitrogen and oxygen atoms in total. The number of pyridine rings is 1. The molecule has 1 unspecified atom stereocenters. The lowest BCUT2D eigenvalue weighted by atomic mass is 10.1. The van der Waals surface area contributed by atoms with Crippen LogP contribution in [0.4, 0.5) is 15.9 Å². The van der Waals surface area contributed by atoms with Crippen LogP contribution in [0.2, 0.25) is 10.0 Å². The molecule has 2 amide bonds. The Kier molecular flexibility index (Phi) is 6.32. The first-order valence-electron chi connectivity index (χ1n) is 9.34. The van der Waals surface area contributed by atoms with Crippen LogP contribution in [-0.2, 0) is 4.79 Å². The van der Waals surface area contributed by atoms with Crippen LogP contribution in [0.1, 0.15) is 22.0 Å². The molecule has 2 N–H and O–H groups in total. The predicted molar refractivity (Wildman–Crippen MR) is 124 cm³/mol. The van der Waals surface area contributed by atoms with E-state index in [0.717, 1.165) is 0 Å². The van der Waals surface area contributed by atoms with E-state index in [-0.39, 0.29) is 11.5 Å². The first-order valence-corrected chi connectivity index (χ1v) is 10.8. The molecule has 164 valence electrons. The second-order valence-corrected chi connectivity index (χ2v) is 9.51. The van der Waals surface area contributed by atoms with Crippen molar-refractivity contribution >= 4 is 69.7 Å². The van der Waals surface area contributed by atoms with E-state index in [0.29, 0.717) is 21.3 Å². The molecule has 0 radical (unpaired) electrons. The van der Waals surface area contributed by atoms with Gasteiger partial charge in [0.1, 0.15) is 21.7 Å². The Morgan fingerprint density at radius 1 is 0.938 bits per heavy atom. The van der Waals surface area contributed by atoms with Gasteiger partial charge in [-0.05, 0) is 60.2 Å². The van der Waals surface area contributed by atoms with Crippen molar-refractivity contribution in [2.45, 2.75) is 10.3 Å². The molecular formula is C22H14Cl4FN3O2. The van der Waals surface area contributed by atoms with Gasteiger partial charge in [-0.25, -0.2) is 9.37 Å². The number of benzene rings is 2. The smallest absolute Gasteiger partial charge is 0.274 e. The second-order valence-electron chi connectivity index (χ2n) is 7.19. The summed E-state index contributed by atoms with van der Waals surface area (Å²) in [6.07, 6.45) is 0. The van der Waals surface area contributed by atoms with Crippen molar-refractivity contribution in [1.29, 1.82) is 0 Å². The summed E-state index contributed by atoms with van der Waals surface area (Å²) in [5.41, 5.74) is 1.11. The summed E-state index contributed by atoms with van der Waals surface area (Å²) in [4.78, 5) is 29.4. The highest BCUT2D eigenvalue weighted by Crippen LogP contribution is 2.65. The zero-order valence-electron chi connectivity index (χ0n) is 16.1. The van der Waals surface area contributed by atoms with Crippen molar-refractivity contribution in [3.05, 3.63) is 87.8 Å². The maximum atomic E-state index is 13.0. The highest BCUT2D eigenvalue weighted by molar-refractivity contribution is 6.53. The fraction of sp³-hybridized carbons (Fsp3) is 0.136. The Balaban J connectivity index is 1.47. The molecule has 0 aliphatic heterocycles. The first kappa shape index (κ1) is 22.8. The predicted octanol–water partition coefficient (Wildman–Crippen LogP) is 6.31. The van der Waals surface area contributed by atoms with Gasteiger partial charge in [0.15, 0.2) is 0 Å². The minimum atomic E-state index is -1.34. The summed E-state index contributed by atoms with van der Waals surface area (Å²) >= 11 is 24.8. The third kappa shape index (κ3) is 4.84. The first-order chi connectivity index (χ1) is 15.1. The van der Waals surface area contributed by atoms with Crippen LogP contribution in [0.15, 0.2) is 60.7 Å². The molecule has 4 rings (SSSR count). The molecule has 1 fully saturated rings. The average molecular weight is 513 g/mol. The van der Waals surface area contributed by atoms with Gasteiger partial charge in [0, 0.05) is 21.7 Å². The highest BCUT2D eigenvalue weighted by Gasteiger charge is 2.67. The van der Waals surface area contributed by atoms with Crippen LogP contribution in [-0.4, -0.2) is 21.1 Å². The molecule has 1 heterocycles. The van der Waals surface area contributed by atoms with E-state index in [1.165, 1.54) is 36.4 Å². The van der Waals surface area contributed by atoms with E-state index >= 15 is 0 Å². The zero-order chi connectivity index (χ0) is 23.0. The molecule has 1 aliphatic rings. The van der Waals surface area contributed by atoms with Gasteiger partial charge in [-0.15, -0.1) is 23.2 Å². The largest absolute Gasteiger partial charge is 0.321 e. The maximum Gasteiger partial charge on any atom is 0.274 e. The third-order valence-corrected chi connectivity index (χ3v) is 6.29. The Bertz CT molecular complexity index is 1180. The topological polar surface area (TPSA) is 71.1 Å². The van der Waals surface area contributed by atoms with E-state index in [1.807, 2.05) is 0 Å². The van der Waals surface area contributed by atoms with Gasteiger partial charge in [0.2, 0.25) is 5.91 Å². The van der Waals surface area contributed by atoms with Gasteiger partial charge in [-0.1, -0.05) is 29.3 Å². The summed E-state index contributed by atoms with van der Waals surface area (Å²) in [5, 5.41) is 6.06. The van der Waals surface area contributed by atoms with Gasteiger partial charge in [-0.2, -0.15) is 0 Å². The SMILES string of the molecule is O=C(Nc1ccc(F)cc1)c1cccc(NC(=O)C2[C@@H](c3cc(Cl)cc(Cl)c3)C2(Cl)Cl)n1. The van der Waals surface area contributed by atoms with Crippen LogP contribution >= 0.6 is 46.4 Å². The number of carbonyl (C=O) groups excluding carboxylic acids is 2. The molecule has 2 aromatic carbocycles. The number of hydrogen-bond donors (Lipinski definition) is 2. The minimum absolute atomic E-state index is 0.0594. The zero-order valence-corrected chi connectivity index (χ0v) is 19.1. The number of rotatable bonds is 5. The number of carbonyl (C=O) groups is 2. The molecule has 2 atom stereocenters. The van der Waals surface area contributed by atoms with Crippen molar-refractivity contribution < 1.29 is 14.0 Å². The summed E-state index contributed by atoms with van der Waals surface area (Å²) in [5.74, 6) is -2.51. The molecule has 0 spiro atoms. The number of hydrogen-bond acceptors (Lipinski definition) is 3. The van der Waals surface area contributed by atoms with Crippen molar-refractivity contribution in [3.63, 3.8) is 0 Å². The molecule has 0 bridgehead atoms. The average Bonchev–Trinajstić information content (AvgIpc) is 3.31. The third-order valence-electron chi connectivity index (χ3n) is 4.92. The Hall–Kier alpha value is -2.38. The summed E-state index contributed by atoms with van der Waals surface area (Å²) in [6.45, 7) is 0. The van der Waals surface area contributed by atoms with Crippen LogP contribution in [0.3, 0.4) is 0 Å². The molecule has 1 saturated carbocycles. The maximum absolute atomic E-state index is 13.0. The molecule has 1 aromatic heterocycles. The van der Waals surface area contributed by atoms with Gasteiger partial charge in [0.25, 0.3) is 5.91 Å². The molecular weight excluding hydrogens is 499 g/mol. The molecule has 32 heavy (non-hydrogen) atoms.